The van der Waals surface area contributed by atoms with Gasteiger partial charge in [-0.05, 0) is 56.0 Å². The smallest absolute Gasteiger partial charge is 0.254 e. The lowest BCUT2D eigenvalue weighted by atomic mass is 10.0. The zero-order valence-corrected chi connectivity index (χ0v) is 23.4. The molecule has 0 unspecified atom stereocenters. The molecule has 11 heteroatoms. The molecule has 3 aromatic rings. The topological polar surface area (TPSA) is 119 Å². The summed E-state index contributed by atoms with van der Waals surface area (Å²) in [4.78, 5) is 34.7. The van der Waals surface area contributed by atoms with E-state index in [0.717, 1.165) is 24.9 Å². The second kappa shape index (κ2) is 11.9. The second-order valence-corrected chi connectivity index (χ2v) is 10.9. The van der Waals surface area contributed by atoms with Crippen LogP contribution in [0, 0.1) is 0 Å². The second-order valence-electron chi connectivity index (χ2n) is 10.9. The highest BCUT2D eigenvalue weighted by Crippen LogP contribution is 2.39. The van der Waals surface area contributed by atoms with E-state index < -0.39 is 0 Å². The lowest BCUT2D eigenvalue weighted by Gasteiger charge is -2.38. The molecule has 2 amide bonds. The molecule has 216 valence electrons. The van der Waals surface area contributed by atoms with Gasteiger partial charge in [-0.3, -0.25) is 14.5 Å². The van der Waals surface area contributed by atoms with Crippen LogP contribution in [-0.2, 0) is 22.7 Å². The maximum Gasteiger partial charge on any atom is 0.254 e. The fourth-order valence-corrected chi connectivity index (χ4v) is 5.31. The number of amides is 2. The SMILES string of the molecule is CCOc1cc2cc(c1)C(=O)N(C)CC(=O)N[C@H]1CN(Cc3noc(C4CC4)n3)CC[C@H]1OCc1cccc(c1)O2. The van der Waals surface area contributed by atoms with Crippen LogP contribution < -0.4 is 14.8 Å². The number of nitrogens with zero attached hydrogens (tertiary/aromatic N) is 4. The number of carbonyl (C=O) groups excluding carboxylic acids is 2. The number of aromatic nitrogens is 2. The highest BCUT2D eigenvalue weighted by Gasteiger charge is 2.34. The summed E-state index contributed by atoms with van der Waals surface area (Å²) in [5.74, 6) is 2.82. The van der Waals surface area contributed by atoms with E-state index in [1.807, 2.05) is 31.2 Å². The van der Waals surface area contributed by atoms with Gasteiger partial charge < -0.3 is 29.0 Å². The van der Waals surface area contributed by atoms with Crippen LogP contribution >= 0.6 is 0 Å². The Bertz CT molecular complexity index is 1410. The Morgan fingerprint density at radius 3 is 2.80 bits per heavy atom. The van der Waals surface area contributed by atoms with Crippen molar-refractivity contribution < 1.29 is 28.3 Å². The van der Waals surface area contributed by atoms with E-state index in [1.54, 1.807) is 25.2 Å². The summed E-state index contributed by atoms with van der Waals surface area (Å²) < 4.78 is 23.6. The van der Waals surface area contributed by atoms with Crippen LogP contribution in [0.1, 0.15) is 59.7 Å². The summed E-state index contributed by atoms with van der Waals surface area (Å²) in [5.41, 5.74) is 1.32. The van der Waals surface area contributed by atoms with Crippen LogP contribution in [0.4, 0.5) is 0 Å². The molecule has 0 spiro atoms. The lowest BCUT2D eigenvalue weighted by molar-refractivity contribution is -0.125. The van der Waals surface area contributed by atoms with Gasteiger partial charge in [-0.25, -0.2) is 0 Å². The van der Waals surface area contributed by atoms with E-state index in [4.69, 9.17) is 18.7 Å². The van der Waals surface area contributed by atoms with Crippen molar-refractivity contribution in [1.29, 1.82) is 0 Å². The van der Waals surface area contributed by atoms with E-state index in [9.17, 15) is 9.59 Å². The average molecular weight is 562 g/mol. The normalized spacial score (nSPS) is 22.0. The highest BCUT2D eigenvalue weighted by molar-refractivity contribution is 5.97. The Labute approximate surface area is 238 Å². The number of hydrogen-bond acceptors (Lipinski definition) is 9. The van der Waals surface area contributed by atoms with E-state index in [0.29, 0.717) is 73.2 Å². The Morgan fingerprint density at radius 2 is 1.98 bits per heavy atom. The van der Waals surface area contributed by atoms with Crippen LogP contribution in [0.25, 0.3) is 0 Å². The number of nitrogens with one attached hydrogen (secondary N) is 1. The summed E-state index contributed by atoms with van der Waals surface area (Å²) in [6.45, 7) is 4.44. The number of likely N-dealkylation sites (N-methyl/N-ethyl adjacent to an activating group) is 1. The van der Waals surface area contributed by atoms with Crippen LogP contribution in [0.2, 0.25) is 0 Å². The molecule has 2 fully saturated rings. The minimum absolute atomic E-state index is 0.105. The average Bonchev–Trinajstić information content (AvgIpc) is 3.70. The number of piperidine rings is 1. The van der Waals surface area contributed by atoms with Crippen molar-refractivity contribution in [3.63, 3.8) is 0 Å². The molecular formula is C30H35N5O6. The Balaban J connectivity index is 1.23. The maximum absolute atomic E-state index is 13.4. The predicted octanol–water partition coefficient (Wildman–Crippen LogP) is 3.50. The first-order valence-corrected chi connectivity index (χ1v) is 14.2. The quantitative estimate of drug-likeness (QED) is 0.499. The number of rotatable bonds is 5. The molecule has 2 aliphatic heterocycles. The van der Waals surface area contributed by atoms with Crippen LogP contribution in [0.5, 0.6) is 17.2 Å². The third-order valence-corrected chi connectivity index (χ3v) is 7.52. The molecule has 3 heterocycles. The fourth-order valence-electron chi connectivity index (χ4n) is 5.31. The molecule has 3 aliphatic rings. The minimum atomic E-state index is -0.311. The summed E-state index contributed by atoms with van der Waals surface area (Å²) in [5, 5.41) is 7.29. The molecule has 4 bridgehead atoms. The van der Waals surface area contributed by atoms with Crippen molar-refractivity contribution in [3.8, 4) is 17.2 Å². The summed E-state index contributed by atoms with van der Waals surface area (Å²) in [6.07, 6.45) is 2.71. The molecular weight excluding hydrogens is 526 g/mol. The van der Waals surface area contributed by atoms with Gasteiger partial charge in [0.15, 0.2) is 5.82 Å². The maximum atomic E-state index is 13.4. The van der Waals surface area contributed by atoms with Crippen LogP contribution in [0.3, 0.4) is 0 Å². The lowest BCUT2D eigenvalue weighted by Crippen LogP contribution is -2.57. The first kappa shape index (κ1) is 27.2. The first-order chi connectivity index (χ1) is 19.9. The van der Waals surface area contributed by atoms with Gasteiger partial charge >= 0.3 is 0 Å². The van der Waals surface area contributed by atoms with Gasteiger partial charge in [-0.15, -0.1) is 0 Å². The molecule has 11 nitrogen and oxygen atoms in total. The Morgan fingerprint density at radius 1 is 1.10 bits per heavy atom. The summed E-state index contributed by atoms with van der Waals surface area (Å²) >= 11 is 0. The Kier molecular flexibility index (Phi) is 7.89. The molecule has 1 aromatic heterocycles. The van der Waals surface area contributed by atoms with Crippen molar-refractivity contribution in [1.82, 2.24) is 25.3 Å². The van der Waals surface area contributed by atoms with Gasteiger partial charge in [0.25, 0.3) is 5.91 Å². The van der Waals surface area contributed by atoms with Crippen LogP contribution in [-0.4, -0.2) is 77.2 Å². The molecule has 2 aromatic carbocycles. The predicted molar refractivity (Wildman–Crippen MR) is 148 cm³/mol. The van der Waals surface area contributed by atoms with Gasteiger partial charge in [0.05, 0.1) is 38.4 Å². The number of carbonyl (C=O) groups is 2. The number of ether oxygens (including phenoxy) is 3. The molecule has 41 heavy (non-hydrogen) atoms. The molecule has 1 aliphatic carbocycles. The van der Waals surface area contributed by atoms with E-state index in [2.05, 4.69) is 20.4 Å². The molecule has 2 atom stereocenters. The summed E-state index contributed by atoms with van der Waals surface area (Å²) in [7, 11) is 1.61. The molecule has 0 radical (unpaired) electrons. The zero-order valence-electron chi connectivity index (χ0n) is 23.4. The van der Waals surface area contributed by atoms with Gasteiger partial charge in [0, 0.05) is 37.7 Å². The molecule has 1 saturated carbocycles. The van der Waals surface area contributed by atoms with E-state index in [-0.39, 0.29) is 30.5 Å². The monoisotopic (exact) mass is 561 g/mol. The summed E-state index contributed by atoms with van der Waals surface area (Å²) in [6, 6.07) is 12.5. The van der Waals surface area contributed by atoms with Crippen molar-refractivity contribution in [3.05, 3.63) is 65.3 Å². The largest absolute Gasteiger partial charge is 0.494 e. The number of fused-ring (bicyclic) bond motifs is 5. The minimum Gasteiger partial charge on any atom is -0.494 e. The van der Waals surface area contributed by atoms with E-state index in [1.165, 1.54) is 4.90 Å². The molecule has 1 N–H and O–H groups in total. The van der Waals surface area contributed by atoms with Crippen LogP contribution in [0.15, 0.2) is 47.0 Å². The molecule has 6 rings (SSSR count). The Hall–Kier alpha value is -3.96. The number of likely N-dealkylation sites (tertiary alicyclic amines) is 1. The van der Waals surface area contributed by atoms with Gasteiger partial charge in [-0.1, -0.05) is 17.3 Å². The standard InChI is InChI=1S/C30H35N5O6/c1-3-38-23-12-21-13-24(14-23)40-22-6-4-5-19(11-22)18-39-26-9-10-35(16-27-32-29(41-33-27)20-7-8-20)15-25(26)31-28(36)17-34(2)30(21)37/h4-6,11-14,20,25-26H,3,7-10,15-18H2,1-2H3,(H,31,36)/t25-,26+/m0/s1. The third-order valence-electron chi connectivity index (χ3n) is 7.52. The van der Waals surface area contributed by atoms with E-state index >= 15 is 0 Å². The van der Waals surface area contributed by atoms with Crippen molar-refractivity contribution >= 4 is 11.8 Å². The highest BCUT2D eigenvalue weighted by atomic mass is 16.5. The molecule has 1 saturated heterocycles. The zero-order chi connectivity index (χ0) is 28.3. The third kappa shape index (κ3) is 6.68. The fraction of sp³-hybridized carbons (Fsp3) is 0.467. The number of benzene rings is 2. The van der Waals surface area contributed by atoms with Crippen molar-refractivity contribution in [2.24, 2.45) is 0 Å². The van der Waals surface area contributed by atoms with Gasteiger partial charge in [-0.2, -0.15) is 4.98 Å². The first-order valence-electron chi connectivity index (χ1n) is 14.2. The number of hydrogen-bond donors (Lipinski definition) is 1. The van der Waals surface area contributed by atoms with Crippen molar-refractivity contribution in [2.45, 2.75) is 57.4 Å². The van der Waals surface area contributed by atoms with Crippen molar-refractivity contribution in [2.75, 3.05) is 33.3 Å². The van der Waals surface area contributed by atoms with Gasteiger partial charge in [0.1, 0.15) is 17.2 Å². The van der Waals surface area contributed by atoms with Gasteiger partial charge in [0.2, 0.25) is 11.8 Å².